The Labute approximate surface area is 138 Å². The summed E-state index contributed by atoms with van der Waals surface area (Å²) in [5.74, 6) is -0.313. The Morgan fingerprint density at radius 3 is 2.79 bits per heavy atom. The number of β-amino-alcohol motifs (C(OH)–C–C–N with tert-alkyl or cyclic N) is 1. The maximum absolute atomic E-state index is 12.5. The molecule has 2 amide bonds. The smallest absolute Gasteiger partial charge is 0.270 e. The van der Waals surface area contributed by atoms with Crippen LogP contribution in [0.4, 0.5) is 5.82 Å². The molecule has 1 fully saturated rings. The van der Waals surface area contributed by atoms with Crippen LogP contribution in [0.3, 0.4) is 0 Å². The van der Waals surface area contributed by atoms with Crippen LogP contribution < -0.4 is 10.6 Å². The van der Waals surface area contributed by atoms with Crippen LogP contribution in [-0.2, 0) is 0 Å². The van der Waals surface area contributed by atoms with Gasteiger partial charge in [0.2, 0.25) is 0 Å². The number of aromatic amines is 1. The Morgan fingerprint density at radius 2 is 2.08 bits per heavy atom. The highest BCUT2D eigenvalue weighted by Crippen LogP contribution is 2.19. The minimum Gasteiger partial charge on any atom is -0.389 e. The Balaban J connectivity index is 1.80. The molecule has 1 saturated heterocycles. The molecule has 8 nitrogen and oxygen atoms in total. The van der Waals surface area contributed by atoms with E-state index in [1.165, 1.54) is 0 Å². The average Bonchev–Trinajstić information content (AvgIpc) is 3.04. The van der Waals surface area contributed by atoms with Crippen LogP contribution in [0.2, 0.25) is 0 Å². The van der Waals surface area contributed by atoms with Gasteiger partial charge in [-0.3, -0.25) is 9.59 Å². The Kier molecular flexibility index (Phi) is 4.48. The van der Waals surface area contributed by atoms with Gasteiger partial charge in [-0.2, -0.15) is 0 Å². The summed E-state index contributed by atoms with van der Waals surface area (Å²) in [7, 11) is 0. The number of carbonyl (C=O) groups excluding carboxylic acids is 2. The van der Waals surface area contributed by atoms with E-state index in [4.69, 9.17) is 5.73 Å². The molecule has 0 aromatic carbocycles. The lowest BCUT2D eigenvalue weighted by Gasteiger charge is -2.24. The normalized spacial score (nSPS) is 18.3. The van der Waals surface area contributed by atoms with Crippen LogP contribution in [-0.4, -0.2) is 64.1 Å². The molecule has 0 aliphatic carbocycles. The van der Waals surface area contributed by atoms with Gasteiger partial charge in [0.1, 0.15) is 11.5 Å². The number of hydrogen-bond donors (Lipinski definition) is 3. The molecule has 1 aliphatic rings. The van der Waals surface area contributed by atoms with Crippen molar-refractivity contribution in [3.63, 3.8) is 0 Å². The predicted molar refractivity (Wildman–Crippen MR) is 87.7 cm³/mol. The van der Waals surface area contributed by atoms with E-state index in [1.807, 2.05) is 0 Å². The summed E-state index contributed by atoms with van der Waals surface area (Å²) in [6.07, 6.45) is 2.50. The third-order valence-corrected chi connectivity index (χ3v) is 3.97. The largest absolute Gasteiger partial charge is 0.389 e. The van der Waals surface area contributed by atoms with Crippen molar-refractivity contribution in [2.75, 3.05) is 31.1 Å². The van der Waals surface area contributed by atoms with Crippen molar-refractivity contribution in [1.82, 2.24) is 14.9 Å². The van der Waals surface area contributed by atoms with E-state index in [-0.39, 0.29) is 19.0 Å². The van der Waals surface area contributed by atoms with E-state index in [9.17, 15) is 14.7 Å². The lowest BCUT2D eigenvalue weighted by atomic mass is 10.2. The first kappa shape index (κ1) is 16.0. The summed E-state index contributed by atoms with van der Waals surface area (Å²) in [6.45, 7) is 1.34. The predicted octanol–water partition coefficient (Wildman–Crippen LogP) is -0.168. The minimum atomic E-state index is -0.755. The lowest BCUT2D eigenvalue weighted by Crippen LogP contribution is -2.37. The molecule has 1 aliphatic heterocycles. The molecule has 0 radical (unpaired) electrons. The van der Waals surface area contributed by atoms with Gasteiger partial charge in [0, 0.05) is 38.6 Å². The maximum atomic E-state index is 12.5. The summed E-state index contributed by atoms with van der Waals surface area (Å²) in [5, 5.41) is 10.3. The zero-order valence-corrected chi connectivity index (χ0v) is 13.1. The number of primary amides is 1. The minimum absolute atomic E-state index is 0.169. The molecular weight excluding hydrogens is 310 g/mol. The monoisotopic (exact) mass is 329 g/mol. The van der Waals surface area contributed by atoms with Crippen molar-refractivity contribution in [1.29, 1.82) is 0 Å². The van der Waals surface area contributed by atoms with Crippen LogP contribution in [0.1, 0.15) is 20.8 Å². The second kappa shape index (κ2) is 6.71. The zero-order chi connectivity index (χ0) is 17.1. The molecule has 0 unspecified atom stereocenters. The Morgan fingerprint density at radius 1 is 1.25 bits per heavy atom. The van der Waals surface area contributed by atoms with Crippen molar-refractivity contribution >= 4 is 17.6 Å². The second-order valence-electron chi connectivity index (χ2n) is 5.67. The molecule has 2 aromatic heterocycles. The first-order valence-corrected chi connectivity index (χ1v) is 7.66. The molecule has 1 atom stereocenters. The molecule has 4 N–H and O–H groups in total. The summed E-state index contributed by atoms with van der Waals surface area (Å²) in [5.41, 5.74) is 6.18. The fourth-order valence-corrected chi connectivity index (χ4v) is 2.84. The number of H-pyrrole nitrogens is 1. The van der Waals surface area contributed by atoms with E-state index >= 15 is 0 Å². The third kappa shape index (κ3) is 3.23. The summed E-state index contributed by atoms with van der Waals surface area (Å²) in [4.78, 5) is 34.5. The van der Waals surface area contributed by atoms with Crippen LogP contribution >= 0.6 is 0 Å². The highest BCUT2D eigenvalue weighted by atomic mass is 16.3. The molecule has 126 valence electrons. The fourth-order valence-electron chi connectivity index (χ4n) is 2.84. The van der Waals surface area contributed by atoms with Crippen LogP contribution in [0, 0.1) is 0 Å². The number of nitrogens with zero attached hydrogens (tertiary/aromatic N) is 3. The molecule has 2 aromatic rings. The number of anilines is 1. The highest BCUT2D eigenvalue weighted by molar-refractivity contribution is 5.97. The summed E-state index contributed by atoms with van der Waals surface area (Å²) in [6, 6.07) is 6.69. The van der Waals surface area contributed by atoms with Gasteiger partial charge in [0.15, 0.2) is 0 Å². The molecule has 8 heteroatoms. The lowest BCUT2D eigenvalue weighted by molar-refractivity contribution is 0.0669. The van der Waals surface area contributed by atoms with Gasteiger partial charge in [-0.1, -0.05) is 0 Å². The van der Waals surface area contributed by atoms with Crippen LogP contribution in [0.25, 0.3) is 0 Å². The molecule has 3 rings (SSSR count). The number of hydrogen-bond acceptors (Lipinski definition) is 5. The quantitative estimate of drug-likeness (QED) is 0.723. The Hall–Kier alpha value is -2.87. The van der Waals surface area contributed by atoms with Crippen molar-refractivity contribution < 1.29 is 14.7 Å². The standard InChI is InChI=1S/C16H19N5O3/c17-14(23)12-3-1-6-19-15(12)20-7-8-21(10-11(22)9-20)16(24)13-4-2-5-18-13/h1-6,11,18,22H,7-10H2,(H2,17,23)/t11-/m1/s1. The first-order chi connectivity index (χ1) is 11.6. The van der Waals surface area contributed by atoms with Crippen molar-refractivity contribution in [3.8, 4) is 0 Å². The number of aliphatic hydroxyl groups is 1. The zero-order valence-electron chi connectivity index (χ0n) is 13.1. The van der Waals surface area contributed by atoms with Gasteiger partial charge in [-0.15, -0.1) is 0 Å². The number of carbonyl (C=O) groups is 2. The third-order valence-electron chi connectivity index (χ3n) is 3.97. The average molecular weight is 329 g/mol. The van der Waals surface area contributed by atoms with E-state index in [2.05, 4.69) is 9.97 Å². The molecule has 0 bridgehead atoms. The van der Waals surface area contributed by atoms with Gasteiger partial charge in [0.05, 0.1) is 11.7 Å². The SMILES string of the molecule is NC(=O)c1cccnc1N1CCN(C(=O)c2ccc[nH]2)C[C@H](O)C1. The van der Waals surface area contributed by atoms with Crippen LogP contribution in [0.15, 0.2) is 36.7 Å². The van der Waals surface area contributed by atoms with Gasteiger partial charge >= 0.3 is 0 Å². The van der Waals surface area contributed by atoms with Crippen molar-refractivity contribution in [2.45, 2.75) is 6.10 Å². The van der Waals surface area contributed by atoms with Gasteiger partial charge in [-0.05, 0) is 24.3 Å². The summed E-state index contributed by atoms with van der Waals surface area (Å²) >= 11 is 0. The maximum Gasteiger partial charge on any atom is 0.270 e. The van der Waals surface area contributed by atoms with E-state index in [1.54, 1.807) is 46.5 Å². The van der Waals surface area contributed by atoms with Gasteiger partial charge in [-0.25, -0.2) is 4.98 Å². The number of aliphatic hydroxyl groups excluding tert-OH is 1. The van der Waals surface area contributed by atoms with Gasteiger partial charge in [0.25, 0.3) is 11.8 Å². The fraction of sp³-hybridized carbons (Fsp3) is 0.312. The van der Waals surface area contributed by atoms with Gasteiger partial charge < -0.3 is 25.6 Å². The van der Waals surface area contributed by atoms with Crippen LogP contribution in [0.5, 0.6) is 0 Å². The number of nitrogens with two attached hydrogens (primary N) is 1. The molecular formula is C16H19N5O3. The van der Waals surface area contributed by atoms with Crippen molar-refractivity contribution in [3.05, 3.63) is 47.9 Å². The highest BCUT2D eigenvalue weighted by Gasteiger charge is 2.27. The molecule has 24 heavy (non-hydrogen) atoms. The number of amides is 2. The Bertz CT molecular complexity index is 731. The molecule has 0 saturated carbocycles. The first-order valence-electron chi connectivity index (χ1n) is 7.66. The number of rotatable bonds is 3. The molecule has 0 spiro atoms. The topological polar surface area (TPSA) is 116 Å². The molecule has 3 heterocycles. The van der Waals surface area contributed by atoms with Crippen molar-refractivity contribution in [2.24, 2.45) is 5.73 Å². The number of nitrogens with one attached hydrogen (secondary N) is 1. The second-order valence-corrected chi connectivity index (χ2v) is 5.67. The van der Waals surface area contributed by atoms with E-state index < -0.39 is 12.0 Å². The number of aromatic nitrogens is 2. The van der Waals surface area contributed by atoms with E-state index in [0.29, 0.717) is 30.2 Å². The number of pyridine rings is 1. The summed E-state index contributed by atoms with van der Waals surface area (Å²) < 4.78 is 0. The van der Waals surface area contributed by atoms with E-state index in [0.717, 1.165) is 0 Å².